The van der Waals surface area contributed by atoms with Gasteiger partial charge in [0.15, 0.2) is 6.61 Å². The molecule has 0 saturated heterocycles. The zero-order chi connectivity index (χ0) is 18.6. The van der Waals surface area contributed by atoms with Crippen molar-refractivity contribution in [2.24, 2.45) is 0 Å². The van der Waals surface area contributed by atoms with Crippen molar-refractivity contribution in [3.8, 4) is 5.75 Å². The van der Waals surface area contributed by atoms with Crippen LogP contribution in [0.3, 0.4) is 0 Å². The van der Waals surface area contributed by atoms with E-state index in [0.29, 0.717) is 22.9 Å². The number of rotatable bonds is 6. The lowest BCUT2D eigenvalue weighted by Crippen LogP contribution is -2.21. The summed E-state index contributed by atoms with van der Waals surface area (Å²) in [4.78, 5) is 22.6. The third kappa shape index (κ3) is 4.79. The van der Waals surface area contributed by atoms with E-state index in [1.54, 1.807) is 13.0 Å². The van der Waals surface area contributed by atoms with Crippen LogP contribution in [0.15, 0.2) is 40.9 Å². The number of hydrogen-bond donors (Lipinski definition) is 1. The number of nitro groups is 1. The zero-order valence-electron chi connectivity index (χ0n) is 14.2. The Labute approximate surface area is 154 Å². The largest absolute Gasteiger partial charge is 0.483 e. The number of hydrogen-bond acceptors (Lipinski definition) is 4. The summed E-state index contributed by atoms with van der Waals surface area (Å²) in [7, 11) is 0. The van der Waals surface area contributed by atoms with Crippen LogP contribution in [0.2, 0.25) is 0 Å². The first kappa shape index (κ1) is 18.9. The quantitative estimate of drug-likeness (QED) is 0.551. The van der Waals surface area contributed by atoms with Gasteiger partial charge in [-0.15, -0.1) is 0 Å². The number of carbonyl (C=O) groups excluding carboxylic acids is 1. The van der Waals surface area contributed by atoms with E-state index in [-0.39, 0.29) is 18.2 Å². The number of benzene rings is 2. The molecular formula is C18H19BrN2O4. The molecule has 0 aliphatic rings. The minimum atomic E-state index is -0.477. The number of nitro benzene ring substituents is 1. The van der Waals surface area contributed by atoms with E-state index in [1.807, 2.05) is 18.2 Å². The molecule has 0 aromatic heterocycles. The van der Waals surface area contributed by atoms with Gasteiger partial charge in [0.25, 0.3) is 11.6 Å². The molecule has 0 aliphatic heterocycles. The molecule has 132 valence electrons. The average molecular weight is 407 g/mol. The molecule has 0 atom stereocenters. The van der Waals surface area contributed by atoms with Crippen molar-refractivity contribution in [1.82, 2.24) is 0 Å². The molecule has 0 heterocycles. The first-order valence-corrected chi connectivity index (χ1v) is 8.55. The van der Waals surface area contributed by atoms with Gasteiger partial charge in [-0.2, -0.15) is 0 Å². The Morgan fingerprint density at radius 1 is 1.32 bits per heavy atom. The van der Waals surface area contributed by atoms with E-state index in [2.05, 4.69) is 35.1 Å². The normalized spacial score (nSPS) is 10.6. The summed E-state index contributed by atoms with van der Waals surface area (Å²) in [6.45, 7) is 5.59. The van der Waals surface area contributed by atoms with Crippen molar-refractivity contribution in [2.45, 2.75) is 26.7 Å². The highest BCUT2D eigenvalue weighted by Gasteiger charge is 2.15. The molecule has 2 rings (SSSR count). The summed E-state index contributed by atoms with van der Waals surface area (Å²) >= 11 is 3.44. The predicted molar refractivity (Wildman–Crippen MR) is 100 cm³/mol. The molecule has 0 bridgehead atoms. The molecule has 1 N–H and O–H groups in total. The molecule has 0 aliphatic carbocycles. The van der Waals surface area contributed by atoms with Gasteiger partial charge in [0, 0.05) is 6.07 Å². The van der Waals surface area contributed by atoms with E-state index in [1.165, 1.54) is 12.1 Å². The van der Waals surface area contributed by atoms with Crippen molar-refractivity contribution < 1.29 is 14.5 Å². The molecule has 0 unspecified atom stereocenters. The first-order chi connectivity index (χ1) is 11.8. The number of ether oxygens (including phenoxy) is 1. The summed E-state index contributed by atoms with van der Waals surface area (Å²) in [6, 6.07) is 10.3. The van der Waals surface area contributed by atoms with Gasteiger partial charge in [0.2, 0.25) is 0 Å². The smallest absolute Gasteiger partial charge is 0.274 e. The number of carbonyl (C=O) groups is 1. The fourth-order valence-electron chi connectivity index (χ4n) is 2.28. The molecule has 7 heteroatoms. The summed E-state index contributed by atoms with van der Waals surface area (Å²) < 4.78 is 6.31. The highest BCUT2D eigenvalue weighted by atomic mass is 79.9. The van der Waals surface area contributed by atoms with Crippen molar-refractivity contribution in [3.05, 3.63) is 62.1 Å². The lowest BCUT2D eigenvalue weighted by molar-refractivity contribution is -0.385. The summed E-state index contributed by atoms with van der Waals surface area (Å²) in [6.07, 6.45) is 0. The van der Waals surface area contributed by atoms with Crippen LogP contribution in [0.4, 0.5) is 11.4 Å². The third-order valence-electron chi connectivity index (χ3n) is 3.76. The Hall–Kier alpha value is -2.41. The fourth-order valence-corrected chi connectivity index (χ4v) is 2.79. The SMILES string of the molecule is Cc1c(NC(=O)COc2ccc(C(C)C)cc2Br)cccc1[N+](=O)[O-]. The van der Waals surface area contributed by atoms with Gasteiger partial charge in [-0.25, -0.2) is 0 Å². The Morgan fingerprint density at radius 2 is 2.04 bits per heavy atom. The van der Waals surface area contributed by atoms with Crippen LogP contribution in [-0.2, 0) is 4.79 Å². The second kappa shape index (κ2) is 8.11. The van der Waals surface area contributed by atoms with Crippen LogP contribution in [0.25, 0.3) is 0 Å². The van der Waals surface area contributed by atoms with Gasteiger partial charge in [0.05, 0.1) is 20.6 Å². The standard InChI is InChI=1S/C18H19BrN2O4/c1-11(2)13-7-8-17(14(19)9-13)25-10-18(22)20-15-5-4-6-16(12(15)3)21(23)24/h4-9,11H,10H2,1-3H3,(H,20,22). The number of anilines is 1. The van der Waals surface area contributed by atoms with Crippen LogP contribution in [0, 0.1) is 17.0 Å². The Bertz CT molecular complexity index is 806. The van der Waals surface area contributed by atoms with Crippen molar-refractivity contribution in [2.75, 3.05) is 11.9 Å². The Kier molecular flexibility index (Phi) is 6.14. The van der Waals surface area contributed by atoms with Crippen LogP contribution >= 0.6 is 15.9 Å². The molecule has 0 saturated carbocycles. The molecule has 25 heavy (non-hydrogen) atoms. The monoisotopic (exact) mass is 406 g/mol. The lowest BCUT2D eigenvalue weighted by Gasteiger charge is -2.12. The Balaban J connectivity index is 2.02. The van der Waals surface area contributed by atoms with E-state index >= 15 is 0 Å². The van der Waals surface area contributed by atoms with Gasteiger partial charge in [-0.1, -0.05) is 26.0 Å². The van der Waals surface area contributed by atoms with Gasteiger partial charge < -0.3 is 10.1 Å². The average Bonchev–Trinajstić information content (AvgIpc) is 2.55. The Morgan fingerprint density at radius 3 is 2.64 bits per heavy atom. The summed E-state index contributed by atoms with van der Waals surface area (Å²) in [5.74, 6) is 0.573. The maximum atomic E-state index is 12.1. The van der Waals surface area contributed by atoms with Crippen LogP contribution < -0.4 is 10.1 Å². The number of nitrogens with one attached hydrogen (secondary N) is 1. The van der Waals surface area contributed by atoms with Crippen LogP contribution in [0.5, 0.6) is 5.75 Å². The zero-order valence-corrected chi connectivity index (χ0v) is 15.8. The summed E-state index contributed by atoms with van der Waals surface area (Å²) in [5.41, 5.74) is 1.93. The van der Waals surface area contributed by atoms with Crippen LogP contribution in [0.1, 0.15) is 30.9 Å². The molecule has 1 amide bonds. The predicted octanol–water partition coefficient (Wildman–Crippen LogP) is 4.81. The topological polar surface area (TPSA) is 81.5 Å². The van der Waals surface area contributed by atoms with E-state index in [0.717, 1.165) is 10.0 Å². The lowest BCUT2D eigenvalue weighted by atomic mass is 10.0. The second-order valence-electron chi connectivity index (χ2n) is 5.89. The van der Waals surface area contributed by atoms with Crippen molar-refractivity contribution in [1.29, 1.82) is 0 Å². The highest BCUT2D eigenvalue weighted by Crippen LogP contribution is 2.29. The maximum Gasteiger partial charge on any atom is 0.274 e. The second-order valence-corrected chi connectivity index (χ2v) is 6.74. The molecule has 6 nitrogen and oxygen atoms in total. The minimum Gasteiger partial charge on any atom is -0.483 e. The molecule has 2 aromatic carbocycles. The van der Waals surface area contributed by atoms with Crippen molar-refractivity contribution in [3.63, 3.8) is 0 Å². The van der Waals surface area contributed by atoms with Gasteiger partial charge >= 0.3 is 0 Å². The molecule has 0 fully saturated rings. The van der Waals surface area contributed by atoms with E-state index < -0.39 is 4.92 Å². The van der Waals surface area contributed by atoms with Crippen LogP contribution in [-0.4, -0.2) is 17.4 Å². The van der Waals surface area contributed by atoms with Gasteiger partial charge in [-0.05, 0) is 52.5 Å². The van der Waals surface area contributed by atoms with E-state index in [4.69, 9.17) is 4.74 Å². The molecule has 0 radical (unpaired) electrons. The third-order valence-corrected chi connectivity index (χ3v) is 4.38. The fraction of sp³-hybridized carbons (Fsp3) is 0.278. The van der Waals surface area contributed by atoms with Gasteiger partial charge in [0.1, 0.15) is 5.75 Å². The molecule has 2 aromatic rings. The summed E-state index contributed by atoms with van der Waals surface area (Å²) in [5, 5.41) is 13.6. The number of amides is 1. The van der Waals surface area contributed by atoms with Gasteiger partial charge in [-0.3, -0.25) is 14.9 Å². The highest BCUT2D eigenvalue weighted by molar-refractivity contribution is 9.10. The minimum absolute atomic E-state index is 0.0364. The maximum absolute atomic E-state index is 12.1. The first-order valence-electron chi connectivity index (χ1n) is 7.75. The molecular weight excluding hydrogens is 388 g/mol. The number of halogens is 1. The molecule has 0 spiro atoms. The van der Waals surface area contributed by atoms with E-state index in [9.17, 15) is 14.9 Å². The van der Waals surface area contributed by atoms with Crippen molar-refractivity contribution >= 4 is 33.2 Å². The number of nitrogens with zero attached hydrogens (tertiary/aromatic N) is 1.